The highest BCUT2D eigenvalue weighted by atomic mass is 16.1. The molecule has 0 amide bonds. The van der Waals surface area contributed by atoms with E-state index in [0.717, 1.165) is 42.4 Å². The number of aromatic amines is 1. The van der Waals surface area contributed by atoms with Crippen molar-refractivity contribution in [1.29, 1.82) is 0 Å². The van der Waals surface area contributed by atoms with E-state index >= 15 is 0 Å². The summed E-state index contributed by atoms with van der Waals surface area (Å²) in [7, 11) is 0. The molecule has 0 unspecified atom stereocenters. The van der Waals surface area contributed by atoms with Crippen LogP contribution in [0.3, 0.4) is 0 Å². The first kappa shape index (κ1) is 14.3. The number of H-pyrrole nitrogens is 1. The highest BCUT2D eigenvalue weighted by Gasteiger charge is 2.16. The number of carbonyl (C=O) groups is 1. The molecule has 0 aliphatic carbocycles. The Hall–Kier alpha value is -1.68. The van der Waals surface area contributed by atoms with Crippen LogP contribution in [0.2, 0.25) is 0 Å². The summed E-state index contributed by atoms with van der Waals surface area (Å²) in [6.45, 7) is 5.48. The molecule has 4 heteroatoms. The summed E-state index contributed by atoms with van der Waals surface area (Å²) < 4.78 is 0. The lowest BCUT2D eigenvalue weighted by Gasteiger charge is -2.29. The molecule has 112 valence electrons. The highest BCUT2D eigenvalue weighted by Crippen LogP contribution is 2.16. The maximum Gasteiger partial charge on any atom is 0.141 e. The number of carbonyl (C=O) groups excluding carboxylic acids is 1. The third-order valence-corrected chi connectivity index (χ3v) is 4.39. The number of imidazole rings is 1. The molecule has 0 spiro atoms. The largest absolute Gasteiger partial charge is 0.342 e. The molecule has 2 aromatic rings. The molecule has 1 aromatic carbocycles. The van der Waals surface area contributed by atoms with Gasteiger partial charge in [-0.15, -0.1) is 0 Å². The first-order valence-corrected chi connectivity index (χ1v) is 7.88. The van der Waals surface area contributed by atoms with Crippen LogP contribution in [-0.4, -0.2) is 40.3 Å². The van der Waals surface area contributed by atoms with Gasteiger partial charge in [0.1, 0.15) is 11.6 Å². The molecular formula is C17H23N3O. The summed E-state index contributed by atoms with van der Waals surface area (Å²) >= 11 is 0. The SMILES string of the molecule is CC1CCN(CCC(=O)Cc2nc3ccccc3[nH]2)CC1. The van der Waals surface area contributed by atoms with E-state index in [4.69, 9.17) is 0 Å². The molecule has 1 aliphatic heterocycles. The Morgan fingerprint density at radius 3 is 2.86 bits per heavy atom. The molecule has 21 heavy (non-hydrogen) atoms. The zero-order chi connectivity index (χ0) is 14.7. The van der Waals surface area contributed by atoms with Crippen molar-refractivity contribution in [1.82, 2.24) is 14.9 Å². The second-order valence-electron chi connectivity index (χ2n) is 6.19. The number of piperidine rings is 1. The van der Waals surface area contributed by atoms with Gasteiger partial charge >= 0.3 is 0 Å². The quantitative estimate of drug-likeness (QED) is 0.919. The Kier molecular flexibility index (Phi) is 4.34. The van der Waals surface area contributed by atoms with E-state index in [1.54, 1.807) is 0 Å². The molecule has 0 saturated carbocycles. The van der Waals surface area contributed by atoms with Gasteiger partial charge in [0.15, 0.2) is 0 Å². The Balaban J connectivity index is 1.49. The van der Waals surface area contributed by atoms with Crippen LogP contribution in [-0.2, 0) is 11.2 Å². The number of fused-ring (bicyclic) bond motifs is 1. The normalized spacial score (nSPS) is 17.4. The van der Waals surface area contributed by atoms with Crippen LogP contribution in [0.5, 0.6) is 0 Å². The van der Waals surface area contributed by atoms with Gasteiger partial charge in [0.05, 0.1) is 17.5 Å². The lowest BCUT2D eigenvalue weighted by molar-refractivity contribution is -0.118. The summed E-state index contributed by atoms with van der Waals surface area (Å²) in [5.41, 5.74) is 1.94. The van der Waals surface area contributed by atoms with E-state index < -0.39 is 0 Å². The van der Waals surface area contributed by atoms with E-state index in [0.29, 0.717) is 12.8 Å². The predicted molar refractivity (Wildman–Crippen MR) is 84.3 cm³/mol. The smallest absolute Gasteiger partial charge is 0.141 e. The Morgan fingerprint density at radius 2 is 2.10 bits per heavy atom. The number of benzene rings is 1. The second-order valence-corrected chi connectivity index (χ2v) is 6.19. The first-order chi connectivity index (χ1) is 10.2. The fourth-order valence-electron chi connectivity index (χ4n) is 2.93. The number of likely N-dealkylation sites (tertiary alicyclic amines) is 1. The maximum atomic E-state index is 12.1. The fourth-order valence-corrected chi connectivity index (χ4v) is 2.93. The van der Waals surface area contributed by atoms with Crippen LogP contribution in [0.4, 0.5) is 0 Å². The topological polar surface area (TPSA) is 49.0 Å². The van der Waals surface area contributed by atoms with Crippen molar-refractivity contribution >= 4 is 16.8 Å². The Bertz CT molecular complexity index is 578. The van der Waals surface area contributed by atoms with Crippen molar-refractivity contribution in [3.05, 3.63) is 30.1 Å². The van der Waals surface area contributed by atoms with Crippen molar-refractivity contribution < 1.29 is 4.79 Å². The van der Waals surface area contributed by atoms with Crippen molar-refractivity contribution in [2.45, 2.75) is 32.6 Å². The van der Waals surface area contributed by atoms with Crippen LogP contribution >= 0.6 is 0 Å². The van der Waals surface area contributed by atoms with Gasteiger partial charge in [0.2, 0.25) is 0 Å². The summed E-state index contributed by atoms with van der Waals surface area (Å²) in [6.07, 6.45) is 3.57. The van der Waals surface area contributed by atoms with Gasteiger partial charge in [0, 0.05) is 13.0 Å². The van der Waals surface area contributed by atoms with Crippen LogP contribution in [0.1, 0.15) is 32.0 Å². The Morgan fingerprint density at radius 1 is 1.33 bits per heavy atom. The summed E-state index contributed by atoms with van der Waals surface area (Å²) in [6, 6.07) is 7.90. The number of aromatic nitrogens is 2. The van der Waals surface area contributed by atoms with Gasteiger partial charge in [-0.05, 0) is 44.0 Å². The average Bonchev–Trinajstić information content (AvgIpc) is 2.88. The van der Waals surface area contributed by atoms with Crippen LogP contribution in [0, 0.1) is 5.92 Å². The zero-order valence-corrected chi connectivity index (χ0v) is 12.6. The molecule has 1 aromatic heterocycles. The highest BCUT2D eigenvalue weighted by molar-refractivity contribution is 5.82. The minimum atomic E-state index is 0.271. The monoisotopic (exact) mass is 285 g/mol. The third kappa shape index (κ3) is 3.70. The third-order valence-electron chi connectivity index (χ3n) is 4.39. The van der Waals surface area contributed by atoms with Crippen molar-refractivity contribution in [3.8, 4) is 0 Å². The van der Waals surface area contributed by atoms with E-state index in [1.807, 2.05) is 24.3 Å². The first-order valence-electron chi connectivity index (χ1n) is 7.88. The molecular weight excluding hydrogens is 262 g/mol. The summed E-state index contributed by atoms with van der Waals surface area (Å²) in [4.78, 5) is 22.2. The number of hydrogen-bond acceptors (Lipinski definition) is 3. The predicted octanol–water partition coefficient (Wildman–Crippen LogP) is 2.80. The Labute approximate surface area is 125 Å². The minimum Gasteiger partial charge on any atom is -0.342 e. The molecule has 0 radical (unpaired) electrons. The fraction of sp³-hybridized carbons (Fsp3) is 0.529. The van der Waals surface area contributed by atoms with Crippen molar-refractivity contribution in [2.75, 3.05) is 19.6 Å². The van der Waals surface area contributed by atoms with E-state index in [1.165, 1.54) is 12.8 Å². The van der Waals surface area contributed by atoms with E-state index in [2.05, 4.69) is 21.8 Å². The number of Topliss-reactive ketones (excluding diaryl/α,β-unsaturated/α-hetero) is 1. The van der Waals surface area contributed by atoms with Gasteiger partial charge in [-0.3, -0.25) is 4.79 Å². The van der Waals surface area contributed by atoms with Crippen molar-refractivity contribution in [2.24, 2.45) is 5.92 Å². The number of nitrogens with one attached hydrogen (secondary N) is 1. The van der Waals surface area contributed by atoms with Gasteiger partial charge in [-0.2, -0.15) is 0 Å². The zero-order valence-electron chi connectivity index (χ0n) is 12.6. The molecule has 3 rings (SSSR count). The lowest BCUT2D eigenvalue weighted by atomic mass is 9.99. The number of rotatable bonds is 5. The van der Waals surface area contributed by atoms with Crippen molar-refractivity contribution in [3.63, 3.8) is 0 Å². The second kappa shape index (κ2) is 6.39. The van der Waals surface area contributed by atoms with Crippen LogP contribution < -0.4 is 0 Å². The molecule has 1 N–H and O–H groups in total. The molecule has 1 saturated heterocycles. The van der Waals surface area contributed by atoms with Gasteiger partial charge in [-0.1, -0.05) is 19.1 Å². The van der Waals surface area contributed by atoms with E-state index in [9.17, 15) is 4.79 Å². The standard InChI is InChI=1S/C17H23N3O/c1-13-6-9-20(10-7-13)11-8-14(21)12-17-18-15-4-2-3-5-16(15)19-17/h2-5,13H,6-12H2,1H3,(H,18,19). The number of para-hydroxylation sites is 2. The van der Waals surface area contributed by atoms with Crippen LogP contribution in [0.15, 0.2) is 24.3 Å². The van der Waals surface area contributed by atoms with Crippen LogP contribution in [0.25, 0.3) is 11.0 Å². The average molecular weight is 285 g/mol. The number of hydrogen-bond donors (Lipinski definition) is 1. The molecule has 1 fully saturated rings. The molecule has 0 atom stereocenters. The summed E-state index contributed by atoms with van der Waals surface area (Å²) in [5.74, 6) is 1.90. The van der Waals surface area contributed by atoms with Gasteiger partial charge in [-0.25, -0.2) is 4.98 Å². The lowest BCUT2D eigenvalue weighted by Crippen LogP contribution is -2.34. The number of nitrogens with zero attached hydrogens (tertiary/aromatic N) is 2. The maximum absolute atomic E-state index is 12.1. The number of ketones is 1. The minimum absolute atomic E-state index is 0.271. The van der Waals surface area contributed by atoms with Gasteiger partial charge < -0.3 is 9.88 Å². The molecule has 0 bridgehead atoms. The summed E-state index contributed by atoms with van der Waals surface area (Å²) in [5, 5.41) is 0. The van der Waals surface area contributed by atoms with E-state index in [-0.39, 0.29) is 5.78 Å². The molecule has 1 aliphatic rings. The van der Waals surface area contributed by atoms with Gasteiger partial charge in [0.25, 0.3) is 0 Å². The molecule has 2 heterocycles. The molecule has 4 nitrogen and oxygen atoms in total.